The molecule has 0 saturated carbocycles. The van der Waals surface area contributed by atoms with Gasteiger partial charge in [-0.2, -0.15) is 0 Å². The third kappa shape index (κ3) is 9.19. The molecule has 79 heavy (non-hydrogen) atoms. The maximum Gasteiger partial charge on any atom is 0.271 e. The third-order valence-corrected chi connectivity index (χ3v) is 14.7. The summed E-state index contributed by atoms with van der Waals surface area (Å²) < 4.78 is 3.23. The third-order valence-electron chi connectivity index (χ3n) is 13.6. The molecule has 0 spiro atoms. The number of aromatic hydroxyl groups is 3. The number of amides is 3. The van der Waals surface area contributed by atoms with Gasteiger partial charge in [0.2, 0.25) is 11.8 Å². The first-order chi connectivity index (χ1) is 37.2. The minimum absolute atomic E-state index is 0.000258. The number of halogens is 3. The SMILES string of the molecule is CCN(C(=O)c1c(O)c2c(Cl)c(-c3cccc(N(C(=O)c4c(O)c5c(Cl)c(-c6cccc(N(C(=O)c7c(O)c8c(Cl)cccc8n(C)c7=O)C(C)(O)O)c6)ccc5n(C)c4=O)C(C)(O)O)c3)ccc2n(C)c1=O)c1ccccc1. The van der Waals surface area contributed by atoms with Gasteiger partial charge in [-0.1, -0.05) is 95.5 Å². The predicted molar refractivity (Wildman–Crippen MR) is 302 cm³/mol. The summed E-state index contributed by atoms with van der Waals surface area (Å²) in [7, 11) is 4.03. The Hall–Kier alpha value is -8.53. The Morgan fingerprint density at radius 1 is 0.481 bits per heavy atom. The zero-order chi connectivity index (χ0) is 57.5. The van der Waals surface area contributed by atoms with Gasteiger partial charge < -0.3 is 54.3 Å². The number of pyridine rings is 3. The first-order valence-corrected chi connectivity index (χ1v) is 25.1. The summed E-state index contributed by atoms with van der Waals surface area (Å²) in [4.78, 5) is 87.0. The van der Waals surface area contributed by atoms with Crippen molar-refractivity contribution in [1.29, 1.82) is 0 Å². The molecule has 0 saturated heterocycles. The normalized spacial score (nSPS) is 11.9. The number of rotatable bonds is 11. The molecule has 0 aliphatic rings. The van der Waals surface area contributed by atoms with Gasteiger partial charge in [0.05, 0.1) is 47.8 Å². The summed E-state index contributed by atoms with van der Waals surface area (Å²) in [5.74, 6) is -12.1. The lowest BCUT2D eigenvalue weighted by atomic mass is 9.99. The van der Waals surface area contributed by atoms with Gasteiger partial charge in [-0.15, -0.1) is 0 Å². The number of benzene rings is 6. The van der Waals surface area contributed by atoms with Crippen LogP contribution in [0.25, 0.3) is 55.0 Å². The second-order valence-corrected chi connectivity index (χ2v) is 19.9. The predicted octanol–water partition coefficient (Wildman–Crippen LogP) is 7.93. The summed E-state index contributed by atoms with van der Waals surface area (Å²) >= 11 is 20.5. The van der Waals surface area contributed by atoms with E-state index in [1.54, 1.807) is 37.3 Å². The number of aliphatic hydroxyl groups is 4. The molecule has 3 amide bonds. The van der Waals surface area contributed by atoms with Crippen molar-refractivity contribution in [1.82, 2.24) is 13.7 Å². The van der Waals surface area contributed by atoms with Gasteiger partial charge in [-0.05, 0) is 78.7 Å². The maximum absolute atomic E-state index is 14.9. The summed E-state index contributed by atoms with van der Waals surface area (Å²) in [5, 5.41) is 79.2. The van der Waals surface area contributed by atoms with Gasteiger partial charge in [0.25, 0.3) is 34.4 Å². The second-order valence-electron chi connectivity index (χ2n) is 18.7. The molecule has 0 fully saturated rings. The van der Waals surface area contributed by atoms with Crippen LogP contribution in [0.1, 0.15) is 51.8 Å². The fourth-order valence-corrected chi connectivity index (χ4v) is 10.8. The number of fused-ring (bicyclic) bond motifs is 3. The van der Waals surface area contributed by atoms with Crippen LogP contribution in [-0.4, -0.2) is 85.5 Å². The average Bonchev–Trinajstić information content (AvgIpc) is 3.39. The lowest BCUT2D eigenvalue weighted by Crippen LogP contribution is -2.51. The van der Waals surface area contributed by atoms with Crippen molar-refractivity contribution in [3.8, 4) is 39.5 Å². The van der Waals surface area contributed by atoms with Crippen LogP contribution in [0.15, 0.2) is 136 Å². The summed E-state index contributed by atoms with van der Waals surface area (Å²) in [6, 6.07) is 29.9. The highest BCUT2D eigenvalue weighted by molar-refractivity contribution is 6.40. The van der Waals surface area contributed by atoms with E-state index in [-0.39, 0.29) is 88.0 Å². The molecule has 3 aromatic heterocycles. The number of nitrogens with zero attached hydrogens (tertiary/aromatic N) is 6. The van der Waals surface area contributed by atoms with Crippen molar-refractivity contribution >= 4 is 102 Å². The van der Waals surface area contributed by atoms with Crippen LogP contribution >= 0.6 is 34.8 Å². The van der Waals surface area contributed by atoms with E-state index in [1.807, 2.05) is 0 Å². The fourth-order valence-electron chi connectivity index (χ4n) is 9.85. The minimum atomic E-state index is -3.09. The van der Waals surface area contributed by atoms with Crippen molar-refractivity contribution in [2.45, 2.75) is 32.6 Å². The van der Waals surface area contributed by atoms with Gasteiger partial charge in [0, 0.05) is 69.7 Å². The minimum Gasteiger partial charge on any atom is -0.506 e. The van der Waals surface area contributed by atoms with Crippen molar-refractivity contribution in [2.24, 2.45) is 21.1 Å². The van der Waals surface area contributed by atoms with Crippen molar-refractivity contribution in [3.05, 3.63) is 184 Å². The van der Waals surface area contributed by atoms with Crippen molar-refractivity contribution < 1.29 is 50.1 Å². The van der Waals surface area contributed by atoms with E-state index in [9.17, 15) is 64.5 Å². The first-order valence-electron chi connectivity index (χ1n) is 24.0. The number of carbonyl (C=O) groups is 3. The number of aryl methyl sites for hydroxylation is 3. The second kappa shape index (κ2) is 20.4. The lowest BCUT2D eigenvalue weighted by molar-refractivity contribution is -0.139. The van der Waals surface area contributed by atoms with E-state index >= 15 is 0 Å². The maximum atomic E-state index is 14.9. The average molecular weight is 1130 g/mol. The standard InChI is InChI=1S/C57H47Cl3N6O13/c1-7-64(30-16-9-8-10-17-30)53(73)42-48(68)40-37(62(5)50(42)70)24-22-33(45(40)59)28-14-12-19-32(27-28)66(57(3,78)79)55(75)44-49(69)41-38(63(6)52(44)72)25-23-34(46(41)60)29-15-11-18-31(26-29)65(56(2,76)77)54(74)43-47(67)39-35(58)20-13-21-36(39)61(4)51(43)71/h8-27,67-69,76-79H,7H2,1-6H3. The smallest absolute Gasteiger partial charge is 0.271 e. The number of carbonyl (C=O) groups excluding carboxylic acids is 3. The largest absolute Gasteiger partial charge is 0.506 e. The molecule has 22 heteroatoms. The highest BCUT2D eigenvalue weighted by Gasteiger charge is 2.40. The van der Waals surface area contributed by atoms with E-state index in [0.717, 1.165) is 23.0 Å². The molecule has 0 bridgehead atoms. The van der Waals surface area contributed by atoms with E-state index in [1.165, 1.54) is 122 Å². The van der Waals surface area contributed by atoms with E-state index in [2.05, 4.69) is 0 Å². The Morgan fingerprint density at radius 2 is 0.848 bits per heavy atom. The zero-order valence-corrected chi connectivity index (χ0v) is 44.9. The Bertz CT molecular complexity index is 4260. The molecule has 9 rings (SSSR count). The molecule has 6 aromatic carbocycles. The van der Waals surface area contributed by atoms with Crippen LogP contribution in [0.4, 0.5) is 17.1 Å². The zero-order valence-electron chi connectivity index (χ0n) is 42.7. The number of hydrogen-bond acceptors (Lipinski definition) is 13. The Labute approximate surface area is 462 Å². The Morgan fingerprint density at radius 3 is 1.25 bits per heavy atom. The van der Waals surface area contributed by atoms with Crippen LogP contribution < -0.4 is 31.4 Å². The molecular weight excluding hydrogens is 1080 g/mol. The van der Waals surface area contributed by atoms with Crippen LogP contribution in [0.3, 0.4) is 0 Å². The molecule has 7 N–H and O–H groups in total. The molecule has 19 nitrogen and oxygen atoms in total. The molecule has 9 aromatic rings. The molecular formula is C57H47Cl3N6O13. The van der Waals surface area contributed by atoms with Crippen molar-refractivity contribution in [3.63, 3.8) is 0 Å². The van der Waals surface area contributed by atoms with Crippen LogP contribution in [0.2, 0.25) is 15.1 Å². The highest BCUT2D eigenvalue weighted by atomic mass is 35.5. The summed E-state index contributed by atoms with van der Waals surface area (Å²) in [6.45, 7) is 3.53. The van der Waals surface area contributed by atoms with Crippen LogP contribution in [0.5, 0.6) is 17.2 Å². The fraction of sp³-hybridized carbons (Fsp3) is 0.158. The van der Waals surface area contributed by atoms with Crippen molar-refractivity contribution in [2.75, 3.05) is 21.2 Å². The van der Waals surface area contributed by atoms with Gasteiger partial charge in [0.1, 0.15) is 33.9 Å². The number of anilines is 3. The van der Waals surface area contributed by atoms with Gasteiger partial charge >= 0.3 is 0 Å². The molecule has 0 aliphatic carbocycles. The van der Waals surface area contributed by atoms with E-state index < -0.39 is 80.2 Å². The Kier molecular flexibility index (Phi) is 14.2. The number of para-hydroxylation sites is 1. The monoisotopic (exact) mass is 1130 g/mol. The summed E-state index contributed by atoms with van der Waals surface area (Å²) in [5.41, 5.74) is -4.23. The molecule has 404 valence electrons. The molecule has 0 radical (unpaired) electrons. The number of aromatic nitrogens is 3. The quantitative estimate of drug-likeness (QED) is 0.0607. The van der Waals surface area contributed by atoms with Gasteiger partial charge in [-0.3, -0.25) is 38.6 Å². The molecule has 0 atom stereocenters. The topological polar surface area (TPSA) is 269 Å². The van der Waals surface area contributed by atoms with E-state index in [4.69, 9.17) is 34.8 Å². The molecule has 0 aliphatic heterocycles. The van der Waals surface area contributed by atoms with Crippen LogP contribution in [-0.2, 0) is 21.1 Å². The number of hydrogen-bond donors (Lipinski definition) is 7. The highest BCUT2D eigenvalue weighted by Crippen LogP contribution is 2.44. The van der Waals surface area contributed by atoms with Gasteiger partial charge in [0.15, 0.2) is 0 Å². The summed E-state index contributed by atoms with van der Waals surface area (Å²) in [6.07, 6.45) is 0. The first kappa shape index (κ1) is 55.2. The molecule has 0 unspecified atom stereocenters. The molecule has 3 heterocycles. The lowest BCUT2D eigenvalue weighted by Gasteiger charge is -2.33. The van der Waals surface area contributed by atoms with E-state index in [0.29, 0.717) is 15.5 Å². The van der Waals surface area contributed by atoms with Crippen LogP contribution in [0, 0.1) is 0 Å². The van der Waals surface area contributed by atoms with Gasteiger partial charge in [-0.25, -0.2) is 0 Å². The Balaban J connectivity index is 1.13.